The van der Waals surface area contributed by atoms with Crippen molar-refractivity contribution in [1.82, 2.24) is 0 Å². The summed E-state index contributed by atoms with van der Waals surface area (Å²) in [6.07, 6.45) is 0.840. The second-order valence-electron chi connectivity index (χ2n) is 7.04. The average Bonchev–Trinajstić information content (AvgIpc) is 3.02. The molecule has 0 unspecified atom stereocenters. The van der Waals surface area contributed by atoms with Crippen molar-refractivity contribution in [2.45, 2.75) is 13.3 Å². The fourth-order valence-electron chi connectivity index (χ4n) is 3.40. The van der Waals surface area contributed by atoms with Crippen molar-refractivity contribution < 1.29 is 18.7 Å². The Hall–Kier alpha value is -3.93. The first-order valence-electron chi connectivity index (χ1n) is 10.0. The monoisotopic (exact) mass is 416 g/mol. The minimum atomic E-state index is -0.513. The van der Waals surface area contributed by atoms with Crippen LogP contribution in [0.1, 0.15) is 18.9 Å². The normalized spacial score (nSPS) is 13.7. The molecule has 0 aliphatic carbocycles. The first-order chi connectivity index (χ1) is 15.1. The summed E-state index contributed by atoms with van der Waals surface area (Å²) in [5.74, 6) is -0.836. The van der Waals surface area contributed by atoms with Crippen LogP contribution >= 0.6 is 0 Å². The number of carbonyl (C=O) groups is 2. The Morgan fingerprint density at radius 1 is 0.903 bits per heavy atom. The van der Waals surface area contributed by atoms with Gasteiger partial charge in [0.05, 0.1) is 17.9 Å². The van der Waals surface area contributed by atoms with Crippen molar-refractivity contribution in [3.8, 4) is 5.75 Å². The third-order valence-electron chi connectivity index (χ3n) is 4.79. The first-order valence-corrected chi connectivity index (χ1v) is 10.0. The molecule has 1 heterocycles. The van der Waals surface area contributed by atoms with Crippen LogP contribution in [0.25, 0.3) is 5.57 Å². The zero-order valence-corrected chi connectivity index (χ0v) is 17.0. The van der Waals surface area contributed by atoms with Crippen LogP contribution in [-0.2, 0) is 9.59 Å². The third kappa shape index (κ3) is 4.19. The number of imide groups is 1. The van der Waals surface area contributed by atoms with Gasteiger partial charge in [0.1, 0.15) is 17.3 Å². The predicted octanol–water partition coefficient (Wildman–Crippen LogP) is 5.01. The number of carbonyl (C=O) groups excluding carboxylic acids is 2. The van der Waals surface area contributed by atoms with Crippen LogP contribution in [-0.4, -0.2) is 18.4 Å². The van der Waals surface area contributed by atoms with E-state index >= 15 is 0 Å². The van der Waals surface area contributed by atoms with Gasteiger partial charge in [-0.25, -0.2) is 9.29 Å². The molecule has 0 saturated carbocycles. The van der Waals surface area contributed by atoms with Crippen LogP contribution in [0.2, 0.25) is 0 Å². The van der Waals surface area contributed by atoms with Gasteiger partial charge in [0.2, 0.25) is 0 Å². The quantitative estimate of drug-likeness (QED) is 0.550. The molecule has 0 radical (unpaired) electrons. The number of nitrogens with one attached hydrogen (secondary N) is 1. The van der Waals surface area contributed by atoms with E-state index in [1.807, 2.05) is 13.0 Å². The molecule has 1 N–H and O–H groups in total. The van der Waals surface area contributed by atoms with Crippen molar-refractivity contribution in [3.63, 3.8) is 0 Å². The number of nitrogens with zero attached hydrogens (tertiary/aromatic N) is 1. The highest BCUT2D eigenvalue weighted by atomic mass is 19.1. The standard InChI is InChI=1S/C25H21FN2O3/c1-2-14-31-21-13-7-12-20(16-21)28-24(29)22(17-8-4-3-5-9-17)23(25(28)30)27-19-11-6-10-18(26)15-19/h3-13,15-16,27H,2,14H2,1H3. The Labute approximate surface area is 179 Å². The van der Waals surface area contributed by atoms with Crippen LogP contribution in [0, 0.1) is 5.82 Å². The lowest BCUT2D eigenvalue weighted by Gasteiger charge is -2.16. The van der Waals surface area contributed by atoms with Crippen LogP contribution in [0.15, 0.2) is 84.6 Å². The Balaban J connectivity index is 1.76. The SMILES string of the molecule is CCCOc1cccc(N2C(=O)C(Nc3cccc(F)c3)=C(c3ccccc3)C2=O)c1. The summed E-state index contributed by atoms with van der Waals surface area (Å²) in [6.45, 7) is 2.53. The number of rotatable bonds is 7. The summed E-state index contributed by atoms with van der Waals surface area (Å²) in [5.41, 5.74) is 1.72. The van der Waals surface area contributed by atoms with Gasteiger partial charge in [0.25, 0.3) is 11.8 Å². The van der Waals surface area contributed by atoms with Gasteiger partial charge >= 0.3 is 0 Å². The highest BCUT2D eigenvalue weighted by Crippen LogP contribution is 2.34. The highest BCUT2D eigenvalue weighted by molar-refractivity contribution is 6.46. The molecule has 1 aliphatic heterocycles. The summed E-state index contributed by atoms with van der Waals surface area (Å²) < 4.78 is 19.3. The number of anilines is 2. The largest absolute Gasteiger partial charge is 0.494 e. The Kier molecular flexibility index (Phi) is 5.80. The lowest BCUT2D eigenvalue weighted by Crippen LogP contribution is -2.32. The summed E-state index contributed by atoms with van der Waals surface area (Å²) in [4.78, 5) is 27.9. The van der Waals surface area contributed by atoms with E-state index in [2.05, 4.69) is 5.32 Å². The molecule has 3 aromatic carbocycles. The fraction of sp³-hybridized carbons (Fsp3) is 0.120. The molecular weight excluding hydrogens is 395 g/mol. The minimum absolute atomic E-state index is 0.0988. The number of hydrogen-bond acceptors (Lipinski definition) is 4. The Bertz CT molecular complexity index is 1160. The van der Waals surface area contributed by atoms with E-state index in [4.69, 9.17) is 4.74 Å². The molecule has 0 saturated heterocycles. The second-order valence-corrected chi connectivity index (χ2v) is 7.04. The maximum absolute atomic E-state index is 13.7. The summed E-state index contributed by atoms with van der Waals surface area (Å²) >= 11 is 0. The summed E-state index contributed by atoms with van der Waals surface area (Å²) in [5, 5.41) is 2.96. The molecule has 0 bridgehead atoms. The third-order valence-corrected chi connectivity index (χ3v) is 4.79. The zero-order chi connectivity index (χ0) is 21.8. The number of halogens is 1. The van der Waals surface area contributed by atoms with Gasteiger partial charge in [-0.2, -0.15) is 0 Å². The molecule has 4 rings (SSSR count). The maximum Gasteiger partial charge on any atom is 0.282 e. The first kappa shape index (κ1) is 20.3. The van der Waals surface area contributed by atoms with Gasteiger partial charge in [-0.1, -0.05) is 49.4 Å². The molecule has 2 amide bonds. The molecular formula is C25H21FN2O3. The zero-order valence-electron chi connectivity index (χ0n) is 17.0. The van der Waals surface area contributed by atoms with Crippen LogP contribution in [0.4, 0.5) is 15.8 Å². The lowest BCUT2D eigenvalue weighted by molar-refractivity contribution is -0.120. The van der Waals surface area contributed by atoms with Gasteiger partial charge in [-0.15, -0.1) is 0 Å². The Morgan fingerprint density at radius 3 is 2.42 bits per heavy atom. The Morgan fingerprint density at radius 2 is 1.68 bits per heavy atom. The van der Waals surface area contributed by atoms with E-state index in [0.29, 0.717) is 29.3 Å². The van der Waals surface area contributed by atoms with Crippen molar-refractivity contribution in [1.29, 1.82) is 0 Å². The van der Waals surface area contributed by atoms with Gasteiger partial charge in [-0.05, 0) is 42.3 Å². The van der Waals surface area contributed by atoms with Crippen LogP contribution in [0.5, 0.6) is 5.75 Å². The van der Waals surface area contributed by atoms with Crippen LogP contribution in [0.3, 0.4) is 0 Å². The molecule has 0 aromatic heterocycles. The second kappa shape index (κ2) is 8.83. The number of hydrogen-bond donors (Lipinski definition) is 1. The van der Waals surface area contributed by atoms with Crippen molar-refractivity contribution >= 4 is 28.8 Å². The van der Waals surface area contributed by atoms with E-state index in [1.165, 1.54) is 18.2 Å². The average molecular weight is 416 g/mol. The van der Waals surface area contributed by atoms with E-state index < -0.39 is 17.6 Å². The molecule has 5 nitrogen and oxygen atoms in total. The predicted molar refractivity (Wildman–Crippen MR) is 118 cm³/mol. The topological polar surface area (TPSA) is 58.6 Å². The molecule has 6 heteroatoms. The fourth-order valence-corrected chi connectivity index (χ4v) is 3.40. The summed E-state index contributed by atoms with van der Waals surface area (Å²) in [6, 6.07) is 21.6. The smallest absolute Gasteiger partial charge is 0.282 e. The number of benzene rings is 3. The molecule has 31 heavy (non-hydrogen) atoms. The van der Waals surface area contributed by atoms with Crippen molar-refractivity contribution in [2.75, 3.05) is 16.8 Å². The van der Waals surface area contributed by atoms with E-state index in [9.17, 15) is 14.0 Å². The van der Waals surface area contributed by atoms with E-state index in [-0.39, 0.29) is 11.3 Å². The molecule has 0 atom stereocenters. The lowest BCUT2D eigenvalue weighted by atomic mass is 10.0. The molecule has 156 valence electrons. The number of amides is 2. The highest BCUT2D eigenvalue weighted by Gasteiger charge is 2.40. The van der Waals surface area contributed by atoms with Gasteiger partial charge in [-0.3, -0.25) is 9.59 Å². The minimum Gasteiger partial charge on any atom is -0.494 e. The van der Waals surface area contributed by atoms with E-state index in [1.54, 1.807) is 54.6 Å². The maximum atomic E-state index is 13.7. The molecule has 1 aliphatic rings. The van der Waals surface area contributed by atoms with Gasteiger partial charge in [0, 0.05) is 11.8 Å². The molecule has 0 spiro atoms. The molecule has 3 aromatic rings. The van der Waals surface area contributed by atoms with Crippen molar-refractivity contribution in [2.24, 2.45) is 0 Å². The van der Waals surface area contributed by atoms with E-state index in [0.717, 1.165) is 11.3 Å². The van der Waals surface area contributed by atoms with Gasteiger partial charge in [0.15, 0.2) is 0 Å². The number of ether oxygens (including phenoxy) is 1. The van der Waals surface area contributed by atoms with Crippen molar-refractivity contribution in [3.05, 3.63) is 95.9 Å². The van der Waals surface area contributed by atoms with Gasteiger partial charge < -0.3 is 10.1 Å². The van der Waals surface area contributed by atoms with Crippen LogP contribution < -0.4 is 15.0 Å². The summed E-state index contributed by atoms with van der Waals surface area (Å²) in [7, 11) is 0. The molecule has 0 fully saturated rings.